The smallest absolute Gasteiger partial charge is 0.395 e. The Morgan fingerprint density at radius 2 is 2.00 bits per heavy atom. The summed E-state index contributed by atoms with van der Waals surface area (Å²) in [6.07, 6.45) is -5.16. The van der Waals surface area contributed by atoms with Crippen molar-refractivity contribution in [3.8, 4) is 0 Å². The van der Waals surface area contributed by atoms with Crippen LogP contribution in [0.4, 0.5) is 28.9 Å². The van der Waals surface area contributed by atoms with Gasteiger partial charge in [-0.3, -0.25) is 9.69 Å². The average Bonchev–Trinajstić information content (AvgIpc) is 2.65. The van der Waals surface area contributed by atoms with Crippen LogP contribution in [0.2, 0.25) is 0 Å². The van der Waals surface area contributed by atoms with Crippen molar-refractivity contribution in [2.75, 3.05) is 10.6 Å². The van der Waals surface area contributed by atoms with Crippen molar-refractivity contribution < 1.29 is 22.4 Å². The summed E-state index contributed by atoms with van der Waals surface area (Å²) in [5.41, 5.74) is 4.72. The van der Waals surface area contributed by atoms with Gasteiger partial charge in [0, 0.05) is 10.9 Å². The molecule has 1 amide bonds. The lowest BCUT2D eigenvalue weighted by atomic mass is 10.2. The van der Waals surface area contributed by atoms with Crippen molar-refractivity contribution in [2.45, 2.75) is 25.1 Å². The quantitative estimate of drug-likeness (QED) is 0.630. The van der Waals surface area contributed by atoms with Crippen molar-refractivity contribution in [3.05, 3.63) is 22.4 Å². The number of alkyl halides is 3. The van der Waals surface area contributed by atoms with Crippen LogP contribution in [0.5, 0.6) is 0 Å². The SMILES string of the molecule is Nc1c(F)cc(Br)cc1N1C(=O)CCC1C(F)(F)F. The number of hydrogen-bond donors (Lipinski definition) is 1. The minimum atomic E-state index is -4.57. The number of hydrogen-bond acceptors (Lipinski definition) is 2. The molecule has 2 N–H and O–H groups in total. The molecule has 19 heavy (non-hydrogen) atoms. The zero-order valence-electron chi connectivity index (χ0n) is 9.47. The van der Waals surface area contributed by atoms with Crippen LogP contribution in [-0.4, -0.2) is 18.1 Å². The van der Waals surface area contributed by atoms with E-state index in [1.807, 2.05) is 0 Å². The van der Waals surface area contributed by atoms with Crippen LogP contribution >= 0.6 is 15.9 Å². The number of rotatable bonds is 1. The first-order valence-corrected chi connectivity index (χ1v) is 6.14. The van der Waals surface area contributed by atoms with Crippen LogP contribution in [0.1, 0.15) is 12.8 Å². The van der Waals surface area contributed by atoms with Gasteiger partial charge in [0.15, 0.2) is 0 Å². The highest BCUT2D eigenvalue weighted by Gasteiger charge is 2.50. The Balaban J connectivity index is 2.52. The molecule has 0 bridgehead atoms. The maximum atomic E-state index is 13.5. The van der Waals surface area contributed by atoms with Gasteiger partial charge in [-0.1, -0.05) is 15.9 Å². The molecule has 1 heterocycles. The molecule has 1 aromatic rings. The van der Waals surface area contributed by atoms with Gasteiger partial charge in [-0.25, -0.2) is 4.39 Å². The van der Waals surface area contributed by atoms with E-state index in [4.69, 9.17) is 5.73 Å². The van der Waals surface area contributed by atoms with Crippen molar-refractivity contribution in [1.29, 1.82) is 0 Å². The predicted molar refractivity (Wildman–Crippen MR) is 65.1 cm³/mol. The molecule has 1 aliphatic heterocycles. The van der Waals surface area contributed by atoms with Gasteiger partial charge in [-0.15, -0.1) is 0 Å². The van der Waals surface area contributed by atoms with Gasteiger partial charge in [-0.05, 0) is 18.6 Å². The van der Waals surface area contributed by atoms with Gasteiger partial charge in [0.2, 0.25) is 5.91 Å². The van der Waals surface area contributed by atoms with E-state index in [1.54, 1.807) is 0 Å². The Morgan fingerprint density at radius 1 is 1.37 bits per heavy atom. The minimum Gasteiger partial charge on any atom is -0.395 e. The van der Waals surface area contributed by atoms with Crippen molar-refractivity contribution in [2.24, 2.45) is 0 Å². The molecular formula is C11H9BrF4N2O. The minimum absolute atomic E-state index is 0.217. The highest BCUT2D eigenvalue weighted by atomic mass is 79.9. The lowest BCUT2D eigenvalue weighted by Gasteiger charge is -2.28. The fourth-order valence-corrected chi connectivity index (χ4v) is 2.48. The third-order valence-electron chi connectivity index (χ3n) is 2.92. The molecule has 0 radical (unpaired) electrons. The highest BCUT2D eigenvalue weighted by molar-refractivity contribution is 9.10. The highest BCUT2D eigenvalue weighted by Crippen LogP contribution is 2.40. The molecule has 1 atom stereocenters. The molecule has 1 unspecified atom stereocenters. The zero-order chi connectivity index (χ0) is 14.4. The second-order valence-corrected chi connectivity index (χ2v) is 5.10. The Bertz CT molecular complexity index is 532. The second-order valence-electron chi connectivity index (χ2n) is 4.18. The van der Waals surface area contributed by atoms with Gasteiger partial charge in [0.05, 0.1) is 11.4 Å². The molecule has 8 heteroatoms. The molecule has 2 rings (SSSR count). The summed E-state index contributed by atoms with van der Waals surface area (Å²) in [6.45, 7) is 0. The molecule has 3 nitrogen and oxygen atoms in total. The maximum absolute atomic E-state index is 13.5. The van der Waals surface area contributed by atoms with E-state index in [1.165, 1.54) is 6.07 Å². The summed E-state index contributed by atoms with van der Waals surface area (Å²) < 4.78 is 52.3. The largest absolute Gasteiger partial charge is 0.409 e. The standard InChI is InChI=1S/C11H9BrF4N2O/c12-5-3-6(13)10(17)7(4-5)18-8(11(14,15)16)1-2-9(18)19/h3-4,8H,1-2,17H2. The molecule has 0 spiro atoms. The van der Waals surface area contributed by atoms with Gasteiger partial charge < -0.3 is 5.73 Å². The summed E-state index contributed by atoms with van der Waals surface area (Å²) >= 11 is 2.97. The van der Waals surface area contributed by atoms with E-state index < -0.39 is 29.6 Å². The Kier molecular flexibility index (Phi) is 3.46. The van der Waals surface area contributed by atoms with E-state index in [2.05, 4.69) is 15.9 Å². The Labute approximate surface area is 114 Å². The molecular weight excluding hydrogens is 332 g/mol. The number of nitrogen functional groups attached to an aromatic ring is 1. The summed E-state index contributed by atoms with van der Waals surface area (Å²) in [5.74, 6) is -1.59. The lowest BCUT2D eigenvalue weighted by Crippen LogP contribution is -2.43. The third-order valence-corrected chi connectivity index (χ3v) is 3.38. The number of amides is 1. The molecule has 0 saturated carbocycles. The maximum Gasteiger partial charge on any atom is 0.409 e. The van der Waals surface area contributed by atoms with Crippen LogP contribution < -0.4 is 10.6 Å². The van der Waals surface area contributed by atoms with Gasteiger partial charge >= 0.3 is 6.18 Å². The van der Waals surface area contributed by atoms with Crippen LogP contribution in [0.3, 0.4) is 0 Å². The lowest BCUT2D eigenvalue weighted by molar-refractivity contribution is -0.148. The number of benzene rings is 1. The first kappa shape index (κ1) is 14.1. The molecule has 1 saturated heterocycles. The van der Waals surface area contributed by atoms with Crippen LogP contribution in [0.15, 0.2) is 16.6 Å². The average molecular weight is 341 g/mol. The number of carbonyl (C=O) groups excluding carboxylic acids is 1. The van der Waals surface area contributed by atoms with Crippen molar-refractivity contribution in [1.82, 2.24) is 0 Å². The monoisotopic (exact) mass is 340 g/mol. The van der Waals surface area contributed by atoms with E-state index >= 15 is 0 Å². The van der Waals surface area contributed by atoms with Crippen molar-refractivity contribution in [3.63, 3.8) is 0 Å². The van der Waals surface area contributed by atoms with E-state index in [0.29, 0.717) is 4.90 Å². The number of nitrogens with two attached hydrogens (primary N) is 1. The number of carbonyl (C=O) groups is 1. The van der Waals surface area contributed by atoms with Crippen LogP contribution in [-0.2, 0) is 4.79 Å². The Morgan fingerprint density at radius 3 is 2.58 bits per heavy atom. The molecule has 1 aliphatic rings. The topological polar surface area (TPSA) is 46.3 Å². The van der Waals surface area contributed by atoms with Gasteiger partial charge in [0.25, 0.3) is 0 Å². The first-order chi connectivity index (χ1) is 8.71. The Hall–Kier alpha value is -1.31. The fourth-order valence-electron chi connectivity index (χ4n) is 2.07. The number of anilines is 2. The first-order valence-electron chi connectivity index (χ1n) is 5.35. The van der Waals surface area contributed by atoms with Crippen molar-refractivity contribution >= 4 is 33.2 Å². The van der Waals surface area contributed by atoms with Crippen LogP contribution in [0.25, 0.3) is 0 Å². The zero-order valence-corrected chi connectivity index (χ0v) is 11.1. The molecule has 1 fully saturated rings. The summed E-state index contributed by atoms with van der Waals surface area (Å²) in [4.78, 5) is 12.2. The van der Waals surface area contributed by atoms with Gasteiger partial charge in [-0.2, -0.15) is 13.2 Å². The van der Waals surface area contributed by atoms with E-state index in [-0.39, 0.29) is 23.0 Å². The third kappa shape index (κ3) is 2.54. The molecule has 0 aliphatic carbocycles. The fraction of sp³-hybridized carbons (Fsp3) is 0.364. The van der Waals surface area contributed by atoms with E-state index in [9.17, 15) is 22.4 Å². The van der Waals surface area contributed by atoms with Crippen LogP contribution in [0, 0.1) is 5.82 Å². The summed E-state index contributed by atoms with van der Waals surface area (Å²) in [6, 6.07) is 0.276. The second kappa shape index (κ2) is 4.66. The summed E-state index contributed by atoms with van der Waals surface area (Å²) in [7, 11) is 0. The normalized spacial score (nSPS) is 20.2. The molecule has 0 aromatic heterocycles. The summed E-state index contributed by atoms with van der Waals surface area (Å²) in [5, 5.41) is 0. The van der Waals surface area contributed by atoms with Gasteiger partial charge in [0.1, 0.15) is 11.9 Å². The number of halogens is 5. The number of nitrogens with zero attached hydrogens (tertiary/aromatic N) is 1. The predicted octanol–water partition coefficient (Wildman–Crippen LogP) is 3.23. The molecule has 104 valence electrons. The molecule has 1 aromatic carbocycles. The van der Waals surface area contributed by atoms with E-state index in [0.717, 1.165) is 6.07 Å².